The molecule has 3 aromatic rings. The number of thioether (sulfide) groups is 1. The fourth-order valence-electron chi connectivity index (χ4n) is 5.27. The average Bonchev–Trinajstić information content (AvgIpc) is 3.16. The topological polar surface area (TPSA) is 72.2 Å². The number of rotatable bonds is 5. The lowest BCUT2D eigenvalue weighted by molar-refractivity contribution is -0.387. The zero-order valence-corrected chi connectivity index (χ0v) is 21.7. The molecule has 35 heavy (non-hydrogen) atoms. The summed E-state index contributed by atoms with van der Waals surface area (Å²) in [5, 5.41) is 15.8. The predicted molar refractivity (Wildman–Crippen MR) is 143 cm³/mol. The number of nitro benzene ring substituents is 1. The van der Waals surface area contributed by atoms with E-state index in [2.05, 4.69) is 5.32 Å². The molecule has 2 aliphatic rings. The van der Waals surface area contributed by atoms with E-state index in [0.717, 1.165) is 16.8 Å². The second-order valence-electron chi connectivity index (χ2n) is 8.87. The van der Waals surface area contributed by atoms with Crippen molar-refractivity contribution < 1.29 is 9.72 Å². The van der Waals surface area contributed by atoms with Gasteiger partial charge in [-0.15, -0.1) is 23.4 Å². The molecule has 1 aliphatic carbocycles. The summed E-state index contributed by atoms with van der Waals surface area (Å²) in [6.07, 6.45) is 0.708. The summed E-state index contributed by atoms with van der Waals surface area (Å²) < 4.78 is 0. The van der Waals surface area contributed by atoms with Gasteiger partial charge in [0.1, 0.15) is 0 Å². The normalized spacial score (nSPS) is 24.9. The number of para-hydroxylation sites is 1. The summed E-state index contributed by atoms with van der Waals surface area (Å²) in [7, 11) is 0. The van der Waals surface area contributed by atoms with Crippen molar-refractivity contribution in [1.82, 2.24) is 0 Å². The van der Waals surface area contributed by atoms with Crippen molar-refractivity contribution in [2.24, 2.45) is 5.92 Å². The van der Waals surface area contributed by atoms with Crippen molar-refractivity contribution >= 4 is 63.7 Å². The van der Waals surface area contributed by atoms with Crippen molar-refractivity contribution in [1.29, 1.82) is 0 Å². The fourth-order valence-corrected chi connectivity index (χ4v) is 7.64. The number of fused-ring (bicyclic) bond motifs is 3. The summed E-state index contributed by atoms with van der Waals surface area (Å²) >= 11 is 21.6. The van der Waals surface area contributed by atoms with Crippen LogP contribution in [0.5, 0.6) is 0 Å². The highest BCUT2D eigenvalue weighted by Gasteiger charge is 2.50. The Labute approximate surface area is 222 Å². The number of hydrogen-bond donors (Lipinski definition) is 1. The maximum Gasteiger partial charge on any atom is 0.282 e. The van der Waals surface area contributed by atoms with Gasteiger partial charge >= 0.3 is 0 Å². The summed E-state index contributed by atoms with van der Waals surface area (Å²) in [5.74, 6) is -0.0460. The van der Waals surface area contributed by atoms with Crippen LogP contribution in [0.25, 0.3) is 0 Å². The number of benzene rings is 3. The smallest absolute Gasteiger partial charge is 0.282 e. The highest BCUT2D eigenvalue weighted by atomic mass is 35.5. The van der Waals surface area contributed by atoms with Crippen LogP contribution in [0.1, 0.15) is 46.8 Å². The van der Waals surface area contributed by atoms with Gasteiger partial charge in [0.2, 0.25) is 0 Å². The summed E-state index contributed by atoms with van der Waals surface area (Å²) in [4.78, 5) is 23.9. The first-order chi connectivity index (χ1) is 16.8. The zero-order chi connectivity index (χ0) is 24.9. The third-order valence-corrected chi connectivity index (χ3v) is 9.82. The Morgan fingerprint density at radius 1 is 1.09 bits per heavy atom. The minimum Gasteiger partial charge on any atom is -0.378 e. The molecule has 5 atom stereocenters. The van der Waals surface area contributed by atoms with E-state index in [1.165, 1.54) is 17.8 Å². The SMILES string of the molecule is CC(=O)c1ccc2c(c1)[C@@H]1[C@H](Cl)[C@H](Sc3ccccc3[N+](=O)[O-])C[C@@H]1[C@@H](c1cccc(Cl)c1Cl)N2. The van der Waals surface area contributed by atoms with E-state index >= 15 is 0 Å². The number of nitro groups is 1. The number of Topliss-reactive ketones (excluding diaryl/α,β-unsaturated/α-hetero) is 1. The van der Waals surface area contributed by atoms with Gasteiger partial charge in [-0.25, -0.2) is 0 Å². The largest absolute Gasteiger partial charge is 0.378 e. The molecule has 5 rings (SSSR count). The Morgan fingerprint density at radius 3 is 2.60 bits per heavy atom. The van der Waals surface area contributed by atoms with E-state index in [4.69, 9.17) is 34.8 Å². The van der Waals surface area contributed by atoms with Crippen LogP contribution in [-0.2, 0) is 0 Å². The van der Waals surface area contributed by atoms with Gasteiger partial charge in [0, 0.05) is 28.5 Å². The van der Waals surface area contributed by atoms with Gasteiger partial charge in [0.25, 0.3) is 5.69 Å². The van der Waals surface area contributed by atoms with Crippen molar-refractivity contribution in [2.75, 3.05) is 5.32 Å². The first kappa shape index (κ1) is 24.4. The third-order valence-electron chi connectivity index (χ3n) is 6.88. The molecule has 0 unspecified atom stereocenters. The van der Waals surface area contributed by atoms with Crippen molar-refractivity contribution in [3.8, 4) is 0 Å². The van der Waals surface area contributed by atoms with Crippen LogP contribution in [0.15, 0.2) is 65.6 Å². The van der Waals surface area contributed by atoms with Crippen molar-refractivity contribution in [3.05, 3.63) is 97.5 Å². The van der Waals surface area contributed by atoms with E-state index in [-0.39, 0.29) is 44.9 Å². The lowest BCUT2D eigenvalue weighted by atomic mass is 9.76. The number of hydrogen-bond acceptors (Lipinski definition) is 5. The average molecular weight is 548 g/mol. The van der Waals surface area contributed by atoms with Gasteiger partial charge in [-0.1, -0.05) is 47.5 Å². The number of nitrogens with one attached hydrogen (secondary N) is 1. The van der Waals surface area contributed by atoms with Crippen molar-refractivity contribution in [2.45, 2.75) is 40.8 Å². The van der Waals surface area contributed by atoms with E-state index < -0.39 is 0 Å². The Morgan fingerprint density at radius 2 is 1.86 bits per heavy atom. The molecule has 0 spiro atoms. The lowest BCUT2D eigenvalue weighted by Gasteiger charge is -2.39. The van der Waals surface area contributed by atoms with Crippen LogP contribution in [0, 0.1) is 16.0 Å². The molecule has 1 aliphatic heterocycles. The number of alkyl halides is 1. The number of ketones is 1. The molecule has 1 N–H and O–H groups in total. The molecule has 1 heterocycles. The molecule has 0 radical (unpaired) electrons. The molecule has 1 fully saturated rings. The van der Waals surface area contributed by atoms with E-state index in [0.29, 0.717) is 26.9 Å². The van der Waals surface area contributed by atoms with Gasteiger partial charge in [0.05, 0.1) is 31.3 Å². The number of carbonyl (C=O) groups excluding carboxylic acids is 1. The van der Waals surface area contributed by atoms with Gasteiger partial charge in [-0.3, -0.25) is 14.9 Å². The van der Waals surface area contributed by atoms with Gasteiger partial charge < -0.3 is 5.32 Å². The highest BCUT2D eigenvalue weighted by Crippen LogP contribution is 2.58. The minimum absolute atomic E-state index is 0.0145. The van der Waals surface area contributed by atoms with E-state index in [9.17, 15) is 14.9 Å². The lowest BCUT2D eigenvalue weighted by Crippen LogP contribution is -2.31. The Balaban J connectivity index is 1.58. The second kappa shape index (κ2) is 9.66. The number of nitrogens with zero attached hydrogens (tertiary/aromatic N) is 1. The highest BCUT2D eigenvalue weighted by molar-refractivity contribution is 8.00. The molecule has 5 nitrogen and oxygen atoms in total. The molecule has 0 aromatic heterocycles. The maximum absolute atomic E-state index is 12.1. The molecule has 180 valence electrons. The van der Waals surface area contributed by atoms with Crippen LogP contribution in [-0.4, -0.2) is 21.3 Å². The Hall–Kier alpha value is -2.25. The third kappa shape index (κ3) is 4.42. The van der Waals surface area contributed by atoms with Crippen molar-refractivity contribution in [3.63, 3.8) is 0 Å². The molecule has 9 heteroatoms. The van der Waals surface area contributed by atoms with Crippen LogP contribution < -0.4 is 5.32 Å². The number of halogens is 3. The predicted octanol–water partition coefficient (Wildman–Crippen LogP) is 8.14. The van der Waals surface area contributed by atoms with Crippen LogP contribution in [0.3, 0.4) is 0 Å². The monoisotopic (exact) mass is 546 g/mol. The number of carbonyl (C=O) groups is 1. The van der Waals surface area contributed by atoms with Gasteiger partial charge in [-0.05, 0) is 60.7 Å². The zero-order valence-electron chi connectivity index (χ0n) is 18.6. The molecule has 0 saturated heterocycles. The Kier molecular flexibility index (Phi) is 6.75. The summed E-state index contributed by atoms with van der Waals surface area (Å²) in [6, 6.07) is 17.8. The van der Waals surface area contributed by atoms with E-state index in [1.807, 2.05) is 30.3 Å². The van der Waals surface area contributed by atoms with Crippen LogP contribution in [0.4, 0.5) is 11.4 Å². The molecule has 0 bridgehead atoms. The standard InChI is InChI=1S/C26H21Cl3N2O3S/c1-13(32)14-9-10-19-16(11-14)23-17(26(30-19)15-5-4-6-18(27)24(15)28)12-22(25(23)29)35-21-8-3-2-7-20(21)31(33)34/h2-11,17,22-23,25-26,30H,12H2,1H3/t17-,22+,23-,25+,26+/m0/s1. The number of anilines is 1. The maximum atomic E-state index is 12.1. The van der Waals surface area contributed by atoms with Crippen LogP contribution in [0.2, 0.25) is 10.0 Å². The van der Waals surface area contributed by atoms with E-state index in [1.54, 1.807) is 31.2 Å². The molecule has 0 amide bonds. The first-order valence-corrected chi connectivity index (χ1v) is 13.2. The second-order valence-corrected chi connectivity index (χ2v) is 11.4. The molecule has 3 aromatic carbocycles. The fraction of sp³-hybridized carbons (Fsp3) is 0.269. The van der Waals surface area contributed by atoms with Gasteiger partial charge in [0.15, 0.2) is 5.78 Å². The quantitative estimate of drug-likeness (QED) is 0.151. The molecular weight excluding hydrogens is 527 g/mol. The minimum atomic E-state index is -0.363. The van der Waals surface area contributed by atoms with Gasteiger partial charge in [-0.2, -0.15) is 0 Å². The summed E-state index contributed by atoms with van der Waals surface area (Å²) in [5.41, 5.74) is 3.47. The Bertz CT molecular complexity index is 1330. The molecular formula is C26H21Cl3N2O3S. The van der Waals surface area contributed by atoms with Crippen LogP contribution >= 0.6 is 46.6 Å². The summed E-state index contributed by atoms with van der Waals surface area (Å²) in [6.45, 7) is 1.55. The molecule has 1 saturated carbocycles. The first-order valence-electron chi connectivity index (χ1n) is 11.2.